The minimum atomic E-state index is -4.32. The van der Waals surface area contributed by atoms with Crippen LogP contribution in [0, 0.1) is 6.92 Å². The van der Waals surface area contributed by atoms with Gasteiger partial charge in [-0.2, -0.15) is 13.2 Å². The Hall–Kier alpha value is -2.28. The van der Waals surface area contributed by atoms with Crippen LogP contribution in [0.5, 0.6) is 0 Å². The largest absolute Gasteiger partial charge is 0.416 e. The highest BCUT2D eigenvalue weighted by molar-refractivity contribution is 7.80. The summed E-state index contributed by atoms with van der Waals surface area (Å²) in [6, 6.07) is 13.4. The smallest absolute Gasteiger partial charge is 0.368 e. The Kier molecular flexibility index (Phi) is 5.36. The van der Waals surface area contributed by atoms with Crippen LogP contribution in [0.1, 0.15) is 11.1 Å². The molecule has 26 heavy (non-hydrogen) atoms. The summed E-state index contributed by atoms with van der Waals surface area (Å²) in [6.07, 6.45) is -4.32. The first-order chi connectivity index (χ1) is 12.3. The number of piperazine rings is 1. The lowest BCUT2D eigenvalue weighted by Crippen LogP contribution is -2.50. The number of halogens is 3. The summed E-state index contributed by atoms with van der Waals surface area (Å²) in [5.74, 6) is 0. The summed E-state index contributed by atoms with van der Waals surface area (Å²) in [4.78, 5) is 4.01. The molecule has 2 aromatic rings. The summed E-state index contributed by atoms with van der Waals surface area (Å²) in [7, 11) is 0. The van der Waals surface area contributed by atoms with Gasteiger partial charge >= 0.3 is 6.18 Å². The van der Waals surface area contributed by atoms with Gasteiger partial charge in [0.25, 0.3) is 0 Å². The SMILES string of the molecule is Cc1ccccc1NC(=S)N1CCN(c2cccc(C(F)(F)F)c2)CC1. The third kappa shape index (κ3) is 4.27. The summed E-state index contributed by atoms with van der Waals surface area (Å²) in [6.45, 7) is 4.58. The fourth-order valence-electron chi connectivity index (χ4n) is 2.95. The van der Waals surface area contributed by atoms with E-state index in [0.29, 0.717) is 37.0 Å². The van der Waals surface area contributed by atoms with Crippen LogP contribution in [0.15, 0.2) is 48.5 Å². The van der Waals surface area contributed by atoms with E-state index in [1.54, 1.807) is 6.07 Å². The van der Waals surface area contributed by atoms with Crippen LogP contribution in [0.4, 0.5) is 24.5 Å². The van der Waals surface area contributed by atoms with E-state index in [2.05, 4.69) is 5.32 Å². The molecule has 7 heteroatoms. The topological polar surface area (TPSA) is 18.5 Å². The molecule has 0 aromatic heterocycles. The van der Waals surface area contributed by atoms with Crippen molar-refractivity contribution in [2.75, 3.05) is 36.4 Å². The normalized spacial score (nSPS) is 15.1. The lowest BCUT2D eigenvalue weighted by atomic mass is 10.1. The van der Waals surface area contributed by atoms with Crippen LogP contribution in [0.3, 0.4) is 0 Å². The Bertz CT molecular complexity index is 784. The number of anilines is 2. The first-order valence-corrected chi connectivity index (χ1v) is 8.79. The van der Waals surface area contributed by atoms with E-state index in [1.165, 1.54) is 12.1 Å². The lowest BCUT2D eigenvalue weighted by molar-refractivity contribution is -0.137. The van der Waals surface area contributed by atoms with Crippen LogP contribution >= 0.6 is 12.2 Å². The van der Waals surface area contributed by atoms with Crippen molar-refractivity contribution in [3.63, 3.8) is 0 Å². The molecule has 138 valence electrons. The molecule has 0 aliphatic carbocycles. The monoisotopic (exact) mass is 379 g/mol. The Morgan fingerprint density at radius 1 is 1.00 bits per heavy atom. The van der Waals surface area contributed by atoms with Crippen LogP contribution < -0.4 is 10.2 Å². The molecule has 1 saturated heterocycles. The average molecular weight is 379 g/mol. The molecule has 0 saturated carbocycles. The lowest BCUT2D eigenvalue weighted by Gasteiger charge is -2.37. The van der Waals surface area contributed by atoms with Crippen molar-refractivity contribution in [3.8, 4) is 0 Å². The molecule has 1 N–H and O–H groups in total. The van der Waals surface area contributed by atoms with Crippen LogP contribution in [0.2, 0.25) is 0 Å². The molecular weight excluding hydrogens is 359 g/mol. The second kappa shape index (κ2) is 7.53. The minimum Gasteiger partial charge on any atom is -0.368 e. The number of nitrogens with one attached hydrogen (secondary N) is 1. The number of thiocarbonyl (C=S) groups is 1. The summed E-state index contributed by atoms with van der Waals surface area (Å²) < 4.78 is 38.7. The van der Waals surface area contributed by atoms with E-state index >= 15 is 0 Å². The molecule has 0 bridgehead atoms. The quantitative estimate of drug-likeness (QED) is 0.773. The zero-order chi connectivity index (χ0) is 18.7. The molecular formula is C19H20F3N3S. The van der Waals surface area contributed by atoms with E-state index in [4.69, 9.17) is 12.2 Å². The first-order valence-electron chi connectivity index (χ1n) is 8.38. The van der Waals surface area contributed by atoms with Crippen LogP contribution in [0.25, 0.3) is 0 Å². The van der Waals surface area contributed by atoms with Crippen molar-refractivity contribution in [3.05, 3.63) is 59.7 Å². The molecule has 3 nitrogen and oxygen atoms in total. The Labute approximate surface area is 156 Å². The molecule has 0 radical (unpaired) electrons. The van der Waals surface area contributed by atoms with Gasteiger partial charge in [-0.25, -0.2) is 0 Å². The Balaban J connectivity index is 1.61. The second-order valence-corrected chi connectivity index (χ2v) is 6.65. The predicted molar refractivity (Wildman–Crippen MR) is 103 cm³/mol. The van der Waals surface area contributed by atoms with E-state index in [9.17, 15) is 13.2 Å². The summed E-state index contributed by atoms with van der Waals surface area (Å²) in [5, 5.41) is 3.90. The van der Waals surface area contributed by atoms with Gasteiger partial charge in [0.1, 0.15) is 0 Å². The number of aryl methyl sites for hydroxylation is 1. The van der Waals surface area contributed by atoms with Crippen molar-refractivity contribution in [2.45, 2.75) is 13.1 Å². The maximum Gasteiger partial charge on any atom is 0.416 e. The first kappa shape index (κ1) is 18.5. The highest BCUT2D eigenvalue weighted by Crippen LogP contribution is 2.31. The Morgan fingerprint density at radius 2 is 1.69 bits per heavy atom. The summed E-state index contributed by atoms with van der Waals surface area (Å²) in [5.41, 5.74) is 2.06. The fourth-order valence-corrected chi connectivity index (χ4v) is 3.25. The maximum absolute atomic E-state index is 12.9. The van der Waals surface area contributed by atoms with Gasteiger partial charge in [0.05, 0.1) is 5.56 Å². The van der Waals surface area contributed by atoms with Gasteiger partial charge in [0, 0.05) is 37.6 Å². The van der Waals surface area contributed by atoms with E-state index in [0.717, 1.165) is 17.3 Å². The van der Waals surface area contributed by atoms with Gasteiger partial charge in [-0.3, -0.25) is 0 Å². The summed E-state index contributed by atoms with van der Waals surface area (Å²) >= 11 is 5.49. The van der Waals surface area contributed by atoms with Crippen molar-refractivity contribution < 1.29 is 13.2 Å². The van der Waals surface area contributed by atoms with Crippen LogP contribution in [-0.2, 0) is 6.18 Å². The minimum absolute atomic E-state index is 0.595. The van der Waals surface area contributed by atoms with Crippen molar-refractivity contribution in [1.82, 2.24) is 4.90 Å². The number of hydrogen-bond acceptors (Lipinski definition) is 2. The number of hydrogen-bond donors (Lipinski definition) is 1. The number of para-hydroxylation sites is 1. The number of alkyl halides is 3. The highest BCUT2D eigenvalue weighted by atomic mass is 32.1. The zero-order valence-electron chi connectivity index (χ0n) is 14.4. The maximum atomic E-state index is 12.9. The molecule has 1 heterocycles. The van der Waals surface area contributed by atoms with Gasteiger partial charge in [-0.05, 0) is 49.0 Å². The number of rotatable bonds is 2. The van der Waals surface area contributed by atoms with Gasteiger partial charge in [-0.15, -0.1) is 0 Å². The predicted octanol–water partition coefficient (Wildman–Crippen LogP) is 4.53. The number of benzene rings is 2. The fraction of sp³-hybridized carbons (Fsp3) is 0.316. The number of nitrogens with zero attached hydrogens (tertiary/aromatic N) is 2. The van der Waals surface area contributed by atoms with Gasteiger partial charge < -0.3 is 15.1 Å². The Morgan fingerprint density at radius 3 is 2.35 bits per heavy atom. The molecule has 1 fully saturated rings. The molecule has 1 aliphatic rings. The van der Waals surface area contributed by atoms with E-state index in [-0.39, 0.29) is 0 Å². The van der Waals surface area contributed by atoms with Gasteiger partial charge in [-0.1, -0.05) is 24.3 Å². The standard InChI is InChI=1S/C19H20F3N3S/c1-14-5-2-3-8-17(14)23-18(26)25-11-9-24(10-12-25)16-7-4-6-15(13-16)19(20,21)22/h2-8,13H,9-12H2,1H3,(H,23,26). The second-order valence-electron chi connectivity index (χ2n) is 6.27. The highest BCUT2D eigenvalue weighted by Gasteiger charge is 2.31. The van der Waals surface area contributed by atoms with Crippen molar-refractivity contribution >= 4 is 28.7 Å². The molecule has 1 aliphatic heterocycles. The third-order valence-electron chi connectivity index (χ3n) is 4.49. The van der Waals surface area contributed by atoms with Gasteiger partial charge in [0.15, 0.2) is 5.11 Å². The zero-order valence-corrected chi connectivity index (χ0v) is 15.2. The van der Waals surface area contributed by atoms with Crippen LogP contribution in [-0.4, -0.2) is 36.2 Å². The van der Waals surface area contributed by atoms with Crippen molar-refractivity contribution in [2.24, 2.45) is 0 Å². The third-order valence-corrected chi connectivity index (χ3v) is 4.85. The van der Waals surface area contributed by atoms with E-state index < -0.39 is 11.7 Å². The van der Waals surface area contributed by atoms with Gasteiger partial charge in [0.2, 0.25) is 0 Å². The molecule has 3 rings (SSSR count). The molecule has 0 spiro atoms. The average Bonchev–Trinajstić information content (AvgIpc) is 2.63. The molecule has 0 unspecified atom stereocenters. The molecule has 0 atom stereocenters. The van der Waals surface area contributed by atoms with E-state index in [1.807, 2.05) is 41.0 Å². The molecule has 0 amide bonds. The van der Waals surface area contributed by atoms with Crippen molar-refractivity contribution in [1.29, 1.82) is 0 Å². The molecule has 2 aromatic carbocycles.